The van der Waals surface area contributed by atoms with Crippen LogP contribution < -0.4 is 9.62 Å². The summed E-state index contributed by atoms with van der Waals surface area (Å²) in [6, 6.07) is 16.2. The van der Waals surface area contributed by atoms with Crippen molar-refractivity contribution in [1.82, 2.24) is 10.2 Å². The molecule has 0 heterocycles. The molecular formula is C27H28Cl2FN3O4S. The highest BCUT2D eigenvalue weighted by atomic mass is 35.5. The van der Waals surface area contributed by atoms with Crippen molar-refractivity contribution in [2.45, 2.75) is 44.3 Å². The highest BCUT2D eigenvalue weighted by Gasteiger charge is 2.33. The maximum absolute atomic E-state index is 14.5. The van der Waals surface area contributed by atoms with Gasteiger partial charge in [0.15, 0.2) is 0 Å². The van der Waals surface area contributed by atoms with Gasteiger partial charge in [-0.25, -0.2) is 12.8 Å². The molecule has 1 atom stereocenters. The van der Waals surface area contributed by atoms with E-state index in [1.165, 1.54) is 61.5 Å². The Bertz CT molecular complexity index is 1400. The topological polar surface area (TPSA) is 86.8 Å². The maximum Gasteiger partial charge on any atom is 0.264 e. The van der Waals surface area contributed by atoms with Gasteiger partial charge in [0.05, 0.1) is 10.6 Å². The summed E-state index contributed by atoms with van der Waals surface area (Å²) in [4.78, 5) is 27.7. The van der Waals surface area contributed by atoms with Crippen molar-refractivity contribution in [1.29, 1.82) is 0 Å². The first-order valence-electron chi connectivity index (χ1n) is 11.8. The van der Waals surface area contributed by atoms with E-state index in [9.17, 15) is 22.4 Å². The number of rotatable bonds is 10. The molecule has 0 bridgehead atoms. The predicted octanol–water partition coefficient (Wildman–Crippen LogP) is 5.27. The van der Waals surface area contributed by atoms with Gasteiger partial charge < -0.3 is 10.2 Å². The van der Waals surface area contributed by atoms with E-state index in [2.05, 4.69) is 5.32 Å². The Balaban J connectivity index is 2.04. The van der Waals surface area contributed by atoms with Gasteiger partial charge in [-0.3, -0.25) is 13.9 Å². The minimum Gasteiger partial charge on any atom is -0.352 e. The molecule has 0 aromatic heterocycles. The minimum atomic E-state index is -4.27. The number of hydrogen-bond acceptors (Lipinski definition) is 4. The molecule has 1 N–H and O–H groups in total. The zero-order valence-electron chi connectivity index (χ0n) is 21.1. The molecule has 0 saturated heterocycles. The lowest BCUT2D eigenvalue weighted by atomic mass is 10.1. The van der Waals surface area contributed by atoms with E-state index < -0.39 is 40.2 Å². The van der Waals surface area contributed by atoms with Crippen molar-refractivity contribution in [3.63, 3.8) is 0 Å². The first-order chi connectivity index (χ1) is 17.9. The van der Waals surface area contributed by atoms with E-state index >= 15 is 0 Å². The summed E-state index contributed by atoms with van der Waals surface area (Å²) < 4.78 is 42.9. The van der Waals surface area contributed by atoms with Crippen molar-refractivity contribution in [2.75, 3.05) is 10.8 Å². The van der Waals surface area contributed by atoms with Crippen LogP contribution in [0.25, 0.3) is 0 Å². The molecule has 0 unspecified atom stereocenters. The molecule has 3 rings (SSSR count). The second kappa shape index (κ2) is 12.6. The second-order valence-electron chi connectivity index (χ2n) is 8.90. The van der Waals surface area contributed by atoms with E-state index in [0.717, 1.165) is 9.21 Å². The number of nitrogens with zero attached hydrogens (tertiary/aromatic N) is 2. The Morgan fingerprint density at radius 2 is 1.58 bits per heavy atom. The Morgan fingerprint density at radius 3 is 2.18 bits per heavy atom. The zero-order chi connectivity index (χ0) is 28.0. The lowest BCUT2D eigenvalue weighted by Crippen LogP contribution is -2.52. The molecule has 3 aromatic carbocycles. The summed E-state index contributed by atoms with van der Waals surface area (Å²) in [6.45, 7) is 4.13. The van der Waals surface area contributed by atoms with Crippen LogP contribution in [0, 0.1) is 5.82 Å². The fraction of sp³-hybridized carbons (Fsp3) is 0.259. The van der Waals surface area contributed by atoms with Crippen LogP contribution in [0.2, 0.25) is 10.0 Å². The first-order valence-corrected chi connectivity index (χ1v) is 14.0. The molecule has 202 valence electrons. The number of sulfonamides is 1. The molecule has 38 heavy (non-hydrogen) atoms. The van der Waals surface area contributed by atoms with Gasteiger partial charge in [0, 0.05) is 28.2 Å². The average molecular weight is 581 g/mol. The molecule has 11 heteroatoms. The van der Waals surface area contributed by atoms with Crippen molar-refractivity contribution < 1.29 is 22.4 Å². The summed E-state index contributed by atoms with van der Waals surface area (Å²) in [5, 5.41) is 3.35. The number of nitrogens with one attached hydrogen (secondary N) is 1. The van der Waals surface area contributed by atoms with Gasteiger partial charge in [0.25, 0.3) is 10.0 Å². The fourth-order valence-corrected chi connectivity index (χ4v) is 5.41. The largest absolute Gasteiger partial charge is 0.352 e. The van der Waals surface area contributed by atoms with Crippen molar-refractivity contribution in [3.8, 4) is 0 Å². The Hall–Kier alpha value is -3.14. The van der Waals surface area contributed by atoms with Gasteiger partial charge >= 0.3 is 0 Å². The van der Waals surface area contributed by atoms with Gasteiger partial charge in [0.2, 0.25) is 11.8 Å². The molecule has 0 aliphatic rings. The number of benzene rings is 3. The molecule has 3 aromatic rings. The number of anilines is 1. The molecule has 2 amide bonds. The molecule has 0 aliphatic heterocycles. The van der Waals surface area contributed by atoms with E-state index in [1.54, 1.807) is 32.0 Å². The fourth-order valence-electron chi connectivity index (χ4n) is 3.69. The Labute approximate surface area is 232 Å². The molecule has 0 aliphatic carbocycles. The standard InChI is InChI=1S/C27H28Cl2FN3O4S/c1-18(2)31-27(35)19(3)32(16-20-7-4-5-10-25(20)30)26(34)17-33(23-9-6-8-22(29)15-23)38(36,37)24-13-11-21(28)12-14-24/h4-15,18-19H,16-17H2,1-3H3,(H,31,35)/t19-/m1/s1. The third-order valence-electron chi connectivity index (χ3n) is 5.67. The van der Waals surface area contributed by atoms with E-state index in [4.69, 9.17) is 23.2 Å². The van der Waals surface area contributed by atoms with E-state index in [-0.39, 0.29) is 33.8 Å². The highest BCUT2D eigenvalue weighted by Crippen LogP contribution is 2.27. The van der Waals surface area contributed by atoms with Crippen molar-refractivity contribution in [3.05, 3.63) is 94.2 Å². The van der Waals surface area contributed by atoms with Gasteiger partial charge in [0.1, 0.15) is 18.4 Å². The van der Waals surface area contributed by atoms with E-state index in [1.807, 2.05) is 0 Å². The van der Waals surface area contributed by atoms with Crippen LogP contribution in [0.4, 0.5) is 10.1 Å². The summed E-state index contributed by atoms with van der Waals surface area (Å²) in [6.07, 6.45) is 0. The lowest BCUT2D eigenvalue weighted by Gasteiger charge is -2.32. The third-order valence-corrected chi connectivity index (χ3v) is 7.95. The number of amides is 2. The molecule has 0 fully saturated rings. The second-order valence-corrected chi connectivity index (χ2v) is 11.6. The SMILES string of the molecule is CC(C)NC(=O)[C@@H](C)N(Cc1ccccc1F)C(=O)CN(c1cccc(Cl)c1)S(=O)(=O)c1ccc(Cl)cc1. The van der Waals surface area contributed by atoms with Crippen LogP contribution in [0.1, 0.15) is 26.3 Å². The normalized spacial score (nSPS) is 12.2. The number of hydrogen-bond donors (Lipinski definition) is 1. The van der Waals surface area contributed by atoms with Crippen molar-refractivity contribution in [2.24, 2.45) is 0 Å². The highest BCUT2D eigenvalue weighted by molar-refractivity contribution is 7.92. The molecule has 0 saturated carbocycles. The molecule has 0 spiro atoms. The Kier molecular flexibility index (Phi) is 9.76. The van der Waals surface area contributed by atoms with Crippen LogP contribution in [-0.2, 0) is 26.2 Å². The molecule has 7 nitrogen and oxygen atoms in total. The van der Waals surface area contributed by atoms with Crippen molar-refractivity contribution >= 4 is 50.7 Å². The molecule has 0 radical (unpaired) electrons. The monoisotopic (exact) mass is 579 g/mol. The summed E-state index contributed by atoms with van der Waals surface area (Å²) in [5.41, 5.74) is 0.325. The minimum absolute atomic E-state index is 0.0964. The average Bonchev–Trinajstić information content (AvgIpc) is 2.86. The number of carbonyl (C=O) groups is 2. The van der Waals surface area contributed by atoms with Crippen LogP contribution in [0.5, 0.6) is 0 Å². The van der Waals surface area contributed by atoms with Gasteiger partial charge in [-0.1, -0.05) is 47.5 Å². The molecular weight excluding hydrogens is 552 g/mol. The lowest BCUT2D eigenvalue weighted by molar-refractivity contribution is -0.139. The number of carbonyl (C=O) groups excluding carboxylic acids is 2. The maximum atomic E-state index is 14.5. The quantitative estimate of drug-likeness (QED) is 0.354. The van der Waals surface area contributed by atoms with Gasteiger partial charge in [-0.05, 0) is 69.3 Å². The summed E-state index contributed by atoms with van der Waals surface area (Å²) in [7, 11) is -4.27. The first kappa shape index (κ1) is 29.4. The van der Waals surface area contributed by atoms with Crippen LogP contribution in [-0.4, -0.2) is 43.8 Å². The van der Waals surface area contributed by atoms with Gasteiger partial charge in [-0.2, -0.15) is 0 Å². The predicted molar refractivity (Wildman–Crippen MR) is 147 cm³/mol. The Morgan fingerprint density at radius 1 is 0.921 bits per heavy atom. The number of halogens is 3. The van der Waals surface area contributed by atoms with Crippen LogP contribution in [0.15, 0.2) is 77.7 Å². The van der Waals surface area contributed by atoms with Gasteiger partial charge in [-0.15, -0.1) is 0 Å². The summed E-state index contributed by atoms with van der Waals surface area (Å²) >= 11 is 12.1. The smallest absolute Gasteiger partial charge is 0.264 e. The zero-order valence-corrected chi connectivity index (χ0v) is 23.4. The van der Waals surface area contributed by atoms with Crippen LogP contribution >= 0.6 is 23.2 Å². The summed E-state index contributed by atoms with van der Waals surface area (Å²) in [5.74, 6) is -1.72. The third kappa shape index (κ3) is 7.24. The van der Waals surface area contributed by atoms with Crippen LogP contribution in [0.3, 0.4) is 0 Å². The van der Waals surface area contributed by atoms with E-state index in [0.29, 0.717) is 5.02 Å².